The zero-order chi connectivity index (χ0) is 25.1. The molecule has 6 heteroatoms. The summed E-state index contributed by atoms with van der Waals surface area (Å²) in [5.41, 5.74) is 2.06. The quantitative estimate of drug-likeness (QED) is 0.272. The maximum atomic E-state index is 13.5. The van der Waals surface area contributed by atoms with Crippen LogP contribution < -0.4 is 5.32 Å². The second-order valence-corrected chi connectivity index (χ2v) is 7.98. The van der Waals surface area contributed by atoms with Crippen molar-refractivity contribution in [3.63, 3.8) is 0 Å². The Morgan fingerprint density at radius 2 is 1.23 bits per heavy atom. The normalized spacial score (nSPS) is 12.1. The van der Waals surface area contributed by atoms with Crippen molar-refractivity contribution in [1.29, 1.82) is 0 Å². The lowest BCUT2D eigenvalue weighted by Crippen LogP contribution is -2.44. The zero-order valence-corrected chi connectivity index (χ0v) is 19.8. The molecule has 35 heavy (non-hydrogen) atoms. The van der Waals surface area contributed by atoms with Crippen molar-refractivity contribution in [1.82, 2.24) is 5.32 Å². The molecule has 1 N–H and O–H groups in total. The predicted molar refractivity (Wildman–Crippen MR) is 134 cm³/mol. The number of ether oxygens (including phenoxy) is 2. The van der Waals surface area contributed by atoms with E-state index in [1.807, 2.05) is 91.0 Å². The first-order valence-electron chi connectivity index (χ1n) is 11.3. The molecule has 0 saturated heterocycles. The highest BCUT2D eigenvalue weighted by Gasteiger charge is 2.39. The number of rotatable bonds is 10. The van der Waals surface area contributed by atoms with Gasteiger partial charge in [0.1, 0.15) is 6.04 Å². The van der Waals surface area contributed by atoms with E-state index in [4.69, 9.17) is 4.74 Å². The number of methoxy groups -OCH3 is 2. The number of esters is 2. The highest BCUT2D eigenvalue weighted by atomic mass is 16.5. The lowest BCUT2D eigenvalue weighted by Gasteiger charge is -2.36. The van der Waals surface area contributed by atoms with E-state index in [0.717, 1.165) is 16.7 Å². The van der Waals surface area contributed by atoms with Gasteiger partial charge in [-0.05, 0) is 23.1 Å². The molecule has 0 heterocycles. The summed E-state index contributed by atoms with van der Waals surface area (Å²) >= 11 is 0. The van der Waals surface area contributed by atoms with E-state index in [1.54, 1.807) is 0 Å². The summed E-state index contributed by atoms with van der Waals surface area (Å²) in [6.45, 7) is 0. The van der Waals surface area contributed by atoms with E-state index in [1.165, 1.54) is 26.4 Å². The SMILES string of the molecule is COC(=O)/C=C/C[C@H](NC(=O)CC(c1ccccc1)(c1ccccc1)c1ccccc1)C(=O)OC. The van der Waals surface area contributed by atoms with Crippen molar-refractivity contribution < 1.29 is 23.9 Å². The molecule has 180 valence electrons. The van der Waals surface area contributed by atoms with Crippen LogP contribution in [0, 0.1) is 0 Å². The van der Waals surface area contributed by atoms with Crippen molar-refractivity contribution in [3.05, 3.63) is 120 Å². The minimum absolute atomic E-state index is 0.0548. The average molecular weight is 472 g/mol. The molecular weight excluding hydrogens is 442 g/mol. The van der Waals surface area contributed by atoms with Gasteiger partial charge in [0.2, 0.25) is 5.91 Å². The lowest BCUT2D eigenvalue weighted by atomic mass is 9.67. The molecular formula is C29H29NO5. The molecule has 3 aromatic rings. The van der Waals surface area contributed by atoms with E-state index >= 15 is 0 Å². The zero-order valence-electron chi connectivity index (χ0n) is 19.8. The van der Waals surface area contributed by atoms with Crippen LogP contribution in [0.25, 0.3) is 0 Å². The Balaban J connectivity index is 2.01. The second-order valence-electron chi connectivity index (χ2n) is 7.98. The fourth-order valence-electron chi connectivity index (χ4n) is 4.19. The molecule has 0 aliphatic heterocycles. The third kappa shape index (κ3) is 6.23. The molecule has 0 aromatic heterocycles. The van der Waals surface area contributed by atoms with E-state index in [-0.39, 0.29) is 18.7 Å². The van der Waals surface area contributed by atoms with Crippen LogP contribution in [-0.2, 0) is 29.3 Å². The number of carbonyl (C=O) groups excluding carboxylic acids is 3. The number of hydrogen-bond acceptors (Lipinski definition) is 5. The molecule has 0 spiro atoms. The first-order valence-corrected chi connectivity index (χ1v) is 11.3. The van der Waals surface area contributed by atoms with Crippen LogP contribution in [0.2, 0.25) is 0 Å². The number of carbonyl (C=O) groups is 3. The summed E-state index contributed by atoms with van der Waals surface area (Å²) in [5, 5.41) is 2.81. The smallest absolute Gasteiger partial charge is 0.330 e. The first kappa shape index (κ1) is 25.4. The average Bonchev–Trinajstić information content (AvgIpc) is 2.92. The van der Waals surface area contributed by atoms with Crippen LogP contribution >= 0.6 is 0 Å². The maximum absolute atomic E-state index is 13.5. The molecule has 0 aliphatic rings. The predicted octanol–water partition coefficient (Wildman–Crippen LogP) is 4.19. The molecule has 0 fully saturated rings. The van der Waals surface area contributed by atoms with Crippen LogP contribution in [-0.4, -0.2) is 38.1 Å². The fourth-order valence-corrected chi connectivity index (χ4v) is 4.19. The van der Waals surface area contributed by atoms with E-state index in [9.17, 15) is 14.4 Å². The molecule has 0 radical (unpaired) electrons. The standard InChI is InChI=1S/C29H29NO5/c1-34-27(32)20-12-19-25(28(33)35-2)30-26(31)21-29(22-13-6-3-7-14-22,23-15-8-4-9-16-23)24-17-10-5-11-18-24/h3-18,20,25H,19,21H2,1-2H3,(H,30,31)/b20-12+/t25-/m0/s1. The minimum atomic E-state index is -0.951. The summed E-state index contributed by atoms with van der Waals surface area (Å²) in [6.07, 6.45) is 2.83. The van der Waals surface area contributed by atoms with Gasteiger partial charge in [-0.3, -0.25) is 4.79 Å². The van der Waals surface area contributed by atoms with Crippen molar-refractivity contribution in [2.45, 2.75) is 24.3 Å². The second kappa shape index (κ2) is 12.3. The molecule has 0 saturated carbocycles. The van der Waals surface area contributed by atoms with E-state index < -0.39 is 23.4 Å². The molecule has 0 bridgehead atoms. The molecule has 0 unspecified atom stereocenters. The monoisotopic (exact) mass is 471 g/mol. The molecule has 1 amide bonds. The van der Waals surface area contributed by atoms with Crippen LogP contribution in [0.4, 0.5) is 0 Å². The van der Waals surface area contributed by atoms with Gasteiger partial charge in [-0.1, -0.05) is 97.1 Å². The fraction of sp³-hybridized carbons (Fsp3) is 0.207. The van der Waals surface area contributed by atoms with Crippen LogP contribution in [0.1, 0.15) is 29.5 Å². The molecule has 3 aromatic carbocycles. The minimum Gasteiger partial charge on any atom is -0.467 e. The number of amides is 1. The van der Waals surface area contributed by atoms with Crippen LogP contribution in [0.15, 0.2) is 103 Å². The topological polar surface area (TPSA) is 81.7 Å². The lowest BCUT2D eigenvalue weighted by molar-refractivity contribution is -0.145. The molecule has 0 aliphatic carbocycles. The third-order valence-electron chi connectivity index (χ3n) is 5.87. The van der Waals surface area contributed by atoms with Crippen molar-refractivity contribution in [3.8, 4) is 0 Å². The van der Waals surface area contributed by atoms with Crippen LogP contribution in [0.5, 0.6) is 0 Å². The van der Waals surface area contributed by atoms with Gasteiger partial charge in [-0.25, -0.2) is 9.59 Å². The maximum Gasteiger partial charge on any atom is 0.330 e. The van der Waals surface area contributed by atoms with Gasteiger partial charge in [0.15, 0.2) is 0 Å². The van der Waals surface area contributed by atoms with Crippen LogP contribution in [0.3, 0.4) is 0 Å². The first-order chi connectivity index (χ1) is 17.0. The van der Waals surface area contributed by atoms with Crippen molar-refractivity contribution in [2.75, 3.05) is 14.2 Å². The summed E-state index contributed by atoms with van der Waals surface area (Å²) < 4.78 is 9.46. The highest BCUT2D eigenvalue weighted by molar-refractivity contribution is 5.87. The van der Waals surface area contributed by atoms with Crippen molar-refractivity contribution >= 4 is 17.8 Å². The number of benzene rings is 3. The highest BCUT2D eigenvalue weighted by Crippen LogP contribution is 2.42. The van der Waals surface area contributed by atoms with Gasteiger partial charge in [0.05, 0.1) is 19.6 Å². The number of nitrogens with one attached hydrogen (secondary N) is 1. The van der Waals surface area contributed by atoms with Gasteiger partial charge < -0.3 is 14.8 Å². The number of hydrogen-bond donors (Lipinski definition) is 1. The third-order valence-corrected chi connectivity index (χ3v) is 5.87. The molecule has 1 atom stereocenters. The van der Waals surface area contributed by atoms with E-state index in [2.05, 4.69) is 10.1 Å². The van der Waals surface area contributed by atoms with Gasteiger partial charge in [-0.15, -0.1) is 0 Å². The molecule has 3 rings (SSSR count). The Bertz CT molecular complexity index is 1050. The Labute approximate surface area is 205 Å². The Kier molecular flexibility index (Phi) is 8.95. The summed E-state index contributed by atoms with van der Waals surface area (Å²) in [7, 11) is 2.52. The Morgan fingerprint density at radius 1 is 0.771 bits per heavy atom. The van der Waals surface area contributed by atoms with Gasteiger partial charge in [0.25, 0.3) is 0 Å². The Hall–Kier alpha value is -4.19. The molecule has 6 nitrogen and oxygen atoms in total. The summed E-state index contributed by atoms with van der Waals surface area (Å²) in [6, 6.07) is 28.6. The van der Waals surface area contributed by atoms with Gasteiger partial charge in [0, 0.05) is 12.5 Å². The van der Waals surface area contributed by atoms with Gasteiger partial charge >= 0.3 is 11.9 Å². The summed E-state index contributed by atoms with van der Waals surface area (Å²) in [4.78, 5) is 37.3. The summed E-state index contributed by atoms with van der Waals surface area (Å²) in [5.74, 6) is -1.47. The van der Waals surface area contributed by atoms with Gasteiger partial charge in [-0.2, -0.15) is 0 Å². The van der Waals surface area contributed by atoms with Crippen molar-refractivity contribution in [2.24, 2.45) is 0 Å². The Morgan fingerprint density at radius 3 is 1.63 bits per heavy atom. The largest absolute Gasteiger partial charge is 0.467 e. The van der Waals surface area contributed by atoms with E-state index in [0.29, 0.717) is 0 Å².